The lowest BCUT2D eigenvalue weighted by Crippen LogP contribution is -2.40. The van der Waals surface area contributed by atoms with Gasteiger partial charge in [-0.1, -0.05) is 0 Å². The van der Waals surface area contributed by atoms with Crippen LogP contribution >= 0.6 is 0 Å². The average Bonchev–Trinajstić information content (AvgIpc) is 3.09. The maximum absolute atomic E-state index is 12.7. The molecule has 1 aromatic rings. The van der Waals surface area contributed by atoms with Crippen LogP contribution in [0.15, 0.2) is 18.2 Å². The first-order valence-corrected chi connectivity index (χ1v) is 8.77. The van der Waals surface area contributed by atoms with Crippen molar-refractivity contribution in [3.63, 3.8) is 0 Å². The molecule has 0 aromatic heterocycles. The number of benzene rings is 1. The zero-order chi connectivity index (χ0) is 17.1. The van der Waals surface area contributed by atoms with E-state index in [1.54, 1.807) is 12.1 Å². The van der Waals surface area contributed by atoms with Crippen LogP contribution < -0.4 is 21.3 Å². The van der Waals surface area contributed by atoms with Crippen molar-refractivity contribution in [3.05, 3.63) is 23.8 Å². The predicted molar refractivity (Wildman–Crippen MR) is 95.2 cm³/mol. The maximum atomic E-state index is 12.7. The molecule has 2 fully saturated rings. The SMILES string of the molecule is C[C@H]1C[C@@H](C(=O)Nc2cc(C(N)=O)ccc2N2CCCC2)CCN1. The largest absolute Gasteiger partial charge is 0.370 e. The molecule has 2 aliphatic heterocycles. The quantitative estimate of drug-likeness (QED) is 0.784. The number of anilines is 2. The van der Waals surface area contributed by atoms with Gasteiger partial charge in [0.05, 0.1) is 11.4 Å². The fourth-order valence-corrected chi connectivity index (χ4v) is 3.63. The number of nitrogens with two attached hydrogens (primary N) is 1. The Kier molecular flexibility index (Phi) is 5.04. The molecule has 0 radical (unpaired) electrons. The number of amides is 2. The molecule has 4 N–H and O–H groups in total. The summed E-state index contributed by atoms with van der Waals surface area (Å²) in [6.07, 6.45) is 3.97. The van der Waals surface area contributed by atoms with Crippen LogP contribution in [0.3, 0.4) is 0 Å². The van der Waals surface area contributed by atoms with E-state index < -0.39 is 5.91 Å². The number of hydrogen-bond donors (Lipinski definition) is 3. The summed E-state index contributed by atoms with van der Waals surface area (Å²) in [5.74, 6) is -0.440. The van der Waals surface area contributed by atoms with Gasteiger partial charge in [0.1, 0.15) is 0 Å². The van der Waals surface area contributed by atoms with E-state index in [2.05, 4.69) is 22.5 Å². The molecular formula is C18H26N4O2. The normalized spacial score (nSPS) is 24.0. The molecule has 24 heavy (non-hydrogen) atoms. The molecule has 6 heteroatoms. The highest BCUT2D eigenvalue weighted by Gasteiger charge is 2.26. The molecular weight excluding hydrogens is 304 g/mol. The van der Waals surface area contributed by atoms with E-state index in [1.165, 1.54) is 0 Å². The van der Waals surface area contributed by atoms with E-state index in [0.29, 0.717) is 17.3 Å². The Bertz CT molecular complexity index is 625. The van der Waals surface area contributed by atoms with Gasteiger partial charge in [-0.3, -0.25) is 9.59 Å². The number of primary amides is 1. The Labute approximate surface area is 142 Å². The van der Waals surface area contributed by atoms with Crippen molar-refractivity contribution in [2.24, 2.45) is 11.7 Å². The second-order valence-corrected chi connectivity index (χ2v) is 6.86. The smallest absolute Gasteiger partial charge is 0.248 e. The van der Waals surface area contributed by atoms with Crippen LogP contribution in [-0.2, 0) is 4.79 Å². The monoisotopic (exact) mass is 330 g/mol. The Morgan fingerprint density at radius 1 is 1.29 bits per heavy atom. The summed E-state index contributed by atoms with van der Waals surface area (Å²) in [5, 5.41) is 6.42. The van der Waals surface area contributed by atoms with Gasteiger partial charge in [-0.2, -0.15) is 0 Å². The molecule has 0 aliphatic carbocycles. The van der Waals surface area contributed by atoms with Crippen LogP contribution in [-0.4, -0.2) is 37.5 Å². The zero-order valence-corrected chi connectivity index (χ0v) is 14.2. The predicted octanol–water partition coefficient (Wildman–Crippen LogP) is 1.71. The van der Waals surface area contributed by atoms with Gasteiger partial charge in [0.15, 0.2) is 0 Å². The maximum Gasteiger partial charge on any atom is 0.248 e. The van der Waals surface area contributed by atoms with Crippen LogP contribution in [0.25, 0.3) is 0 Å². The number of nitrogens with zero attached hydrogens (tertiary/aromatic N) is 1. The summed E-state index contributed by atoms with van der Waals surface area (Å²) < 4.78 is 0. The van der Waals surface area contributed by atoms with Gasteiger partial charge < -0.3 is 21.3 Å². The molecule has 2 heterocycles. The van der Waals surface area contributed by atoms with E-state index in [9.17, 15) is 9.59 Å². The number of rotatable bonds is 4. The van der Waals surface area contributed by atoms with Crippen LogP contribution in [0.2, 0.25) is 0 Å². The molecule has 6 nitrogen and oxygen atoms in total. The highest BCUT2D eigenvalue weighted by molar-refractivity contribution is 6.00. The van der Waals surface area contributed by atoms with Crippen molar-refractivity contribution in [1.29, 1.82) is 0 Å². The fourth-order valence-electron chi connectivity index (χ4n) is 3.63. The van der Waals surface area contributed by atoms with Crippen molar-refractivity contribution in [3.8, 4) is 0 Å². The minimum atomic E-state index is -0.478. The van der Waals surface area contributed by atoms with Crippen molar-refractivity contribution in [1.82, 2.24) is 5.32 Å². The molecule has 0 unspecified atom stereocenters. The van der Waals surface area contributed by atoms with Crippen molar-refractivity contribution >= 4 is 23.2 Å². The van der Waals surface area contributed by atoms with Crippen LogP contribution in [0.4, 0.5) is 11.4 Å². The molecule has 2 atom stereocenters. The van der Waals surface area contributed by atoms with Crippen LogP contribution in [0, 0.1) is 5.92 Å². The Hall–Kier alpha value is -2.08. The zero-order valence-electron chi connectivity index (χ0n) is 14.2. The van der Waals surface area contributed by atoms with Gasteiger partial charge in [-0.25, -0.2) is 0 Å². The van der Waals surface area contributed by atoms with Crippen molar-refractivity contribution in [2.45, 2.75) is 38.6 Å². The van der Waals surface area contributed by atoms with Gasteiger partial charge in [0, 0.05) is 30.6 Å². The van der Waals surface area contributed by atoms with Crippen molar-refractivity contribution in [2.75, 3.05) is 29.9 Å². The molecule has 130 valence electrons. The Morgan fingerprint density at radius 2 is 2.04 bits per heavy atom. The lowest BCUT2D eigenvalue weighted by Gasteiger charge is -2.28. The highest BCUT2D eigenvalue weighted by Crippen LogP contribution is 2.31. The number of carbonyl (C=O) groups excluding carboxylic acids is 2. The third-order valence-corrected chi connectivity index (χ3v) is 4.98. The second-order valence-electron chi connectivity index (χ2n) is 6.86. The van der Waals surface area contributed by atoms with Gasteiger partial charge in [-0.05, 0) is 57.4 Å². The standard InChI is InChI=1S/C18H26N4O2/c1-12-10-14(6-7-20-12)18(24)21-15-11-13(17(19)23)4-5-16(15)22-8-2-3-9-22/h4-5,11-12,14,20H,2-3,6-10H2,1H3,(H2,19,23)(H,21,24)/t12-,14-/m0/s1. The summed E-state index contributed by atoms with van der Waals surface area (Å²) in [6.45, 7) is 4.91. The highest BCUT2D eigenvalue weighted by atomic mass is 16.2. The molecule has 0 spiro atoms. The first kappa shape index (κ1) is 16.8. The molecule has 2 amide bonds. The van der Waals surface area contributed by atoms with E-state index >= 15 is 0 Å². The average molecular weight is 330 g/mol. The second kappa shape index (κ2) is 7.21. The minimum Gasteiger partial charge on any atom is -0.370 e. The first-order chi connectivity index (χ1) is 11.5. The third kappa shape index (κ3) is 3.70. The van der Waals surface area contributed by atoms with E-state index in [-0.39, 0.29) is 11.8 Å². The summed E-state index contributed by atoms with van der Waals surface area (Å²) in [7, 11) is 0. The molecule has 0 saturated carbocycles. The summed E-state index contributed by atoms with van der Waals surface area (Å²) in [6, 6.07) is 5.69. The third-order valence-electron chi connectivity index (χ3n) is 4.98. The number of nitrogens with one attached hydrogen (secondary N) is 2. The Morgan fingerprint density at radius 3 is 2.71 bits per heavy atom. The number of hydrogen-bond acceptors (Lipinski definition) is 4. The van der Waals surface area contributed by atoms with E-state index in [1.807, 2.05) is 6.07 Å². The van der Waals surface area contributed by atoms with Gasteiger partial charge in [-0.15, -0.1) is 0 Å². The van der Waals surface area contributed by atoms with Gasteiger partial charge >= 0.3 is 0 Å². The summed E-state index contributed by atoms with van der Waals surface area (Å²) in [5.41, 5.74) is 7.51. The lowest BCUT2D eigenvalue weighted by atomic mass is 9.92. The van der Waals surface area contributed by atoms with Crippen LogP contribution in [0.5, 0.6) is 0 Å². The van der Waals surface area contributed by atoms with E-state index in [0.717, 1.165) is 51.0 Å². The molecule has 0 bridgehead atoms. The minimum absolute atomic E-state index is 0.00455. The van der Waals surface area contributed by atoms with Crippen LogP contribution in [0.1, 0.15) is 43.0 Å². The Balaban J connectivity index is 1.82. The molecule has 1 aromatic carbocycles. The lowest BCUT2D eigenvalue weighted by molar-refractivity contribution is -0.120. The number of carbonyl (C=O) groups is 2. The molecule has 2 saturated heterocycles. The van der Waals surface area contributed by atoms with Gasteiger partial charge in [0.2, 0.25) is 11.8 Å². The van der Waals surface area contributed by atoms with Crippen molar-refractivity contribution < 1.29 is 9.59 Å². The van der Waals surface area contributed by atoms with E-state index in [4.69, 9.17) is 5.73 Å². The molecule has 3 rings (SSSR count). The fraction of sp³-hybridized carbons (Fsp3) is 0.556. The summed E-state index contributed by atoms with van der Waals surface area (Å²) in [4.78, 5) is 26.4. The van der Waals surface area contributed by atoms with Gasteiger partial charge in [0.25, 0.3) is 0 Å². The topological polar surface area (TPSA) is 87.5 Å². The molecule has 2 aliphatic rings. The first-order valence-electron chi connectivity index (χ1n) is 8.77. The summed E-state index contributed by atoms with van der Waals surface area (Å²) >= 11 is 0. The number of piperidine rings is 1.